The third kappa shape index (κ3) is 7.89. The number of aryl methyl sites for hydroxylation is 1. The molecule has 0 unspecified atom stereocenters. The maximum Gasteiger partial charge on any atom is 0.303 e. The van der Waals surface area contributed by atoms with E-state index < -0.39 is 54.5 Å². The average molecular weight is 545 g/mol. The molecule has 212 valence electrons. The van der Waals surface area contributed by atoms with Gasteiger partial charge in [-0.25, -0.2) is 4.68 Å². The van der Waals surface area contributed by atoms with Gasteiger partial charge in [-0.3, -0.25) is 19.2 Å². The Morgan fingerprint density at radius 2 is 1.51 bits per heavy atom. The van der Waals surface area contributed by atoms with Crippen molar-refractivity contribution in [2.24, 2.45) is 0 Å². The minimum atomic E-state index is -1.26. The van der Waals surface area contributed by atoms with E-state index in [-0.39, 0.29) is 12.5 Å². The van der Waals surface area contributed by atoms with Crippen LogP contribution in [-0.4, -0.2) is 64.7 Å². The van der Waals surface area contributed by atoms with E-state index in [1.807, 2.05) is 45.0 Å². The van der Waals surface area contributed by atoms with E-state index in [4.69, 9.17) is 28.8 Å². The maximum atomic E-state index is 12.2. The summed E-state index contributed by atoms with van der Waals surface area (Å²) in [5.74, 6) is -2.63. The van der Waals surface area contributed by atoms with Gasteiger partial charge in [0.1, 0.15) is 12.7 Å². The SMILES string of the molecule is CC(=O)OC[C@H]1O[C@@H](n2nc(Cc3cccc(C)c3)cc2C(C)C)[C@H](OC(C)=O)[C@@H](OC(C)=O)[C@@H]1OC(C)=O. The molecule has 1 fully saturated rings. The molecule has 2 heterocycles. The highest BCUT2D eigenvalue weighted by atomic mass is 16.7. The Bertz CT molecular complexity index is 1210. The van der Waals surface area contributed by atoms with Crippen LogP contribution in [0.1, 0.15) is 76.2 Å². The van der Waals surface area contributed by atoms with Gasteiger partial charge in [0.15, 0.2) is 24.5 Å². The molecular weight excluding hydrogens is 508 g/mol. The smallest absolute Gasteiger partial charge is 0.303 e. The first-order valence-corrected chi connectivity index (χ1v) is 12.8. The van der Waals surface area contributed by atoms with E-state index in [0.29, 0.717) is 6.42 Å². The molecule has 0 saturated carbocycles. The van der Waals surface area contributed by atoms with E-state index in [2.05, 4.69) is 6.07 Å². The lowest BCUT2D eigenvalue weighted by atomic mass is 9.96. The van der Waals surface area contributed by atoms with E-state index in [9.17, 15) is 19.2 Å². The fourth-order valence-corrected chi connectivity index (χ4v) is 4.62. The third-order valence-electron chi connectivity index (χ3n) is 6.08. The van der Waals surface area contributed by atoms with Gasteiger partial charge in [-0.2, -0.15) is 5.10 Å². The predicted molar refractivity (Wildman–Crippen MR) is 138 cm³/mol. The predicted octanol–water partition coefficient (Wildman–Crippen LogP) is 3.16. The summed E-state index contributed by atoms with van der Waals surface area (Å²) in [6.07, 6.45) is -5.32. The highest BCUT2D eigenvalue weighted by Crippen LogP contribution is 2.36. The molecule has 2 aromatic rings. The third-order valence-corrected chi connectivity index (χ3v) is 6.08. The van der Waals surface area contributed by atoms with Gasteiger partial charge in [0.2, 0.25) is 0 Å². The van der Waals surface area contributed by atoms with Crippen LogP contribution in [0.4, 0.5) is 0 Å². The zero-order valence-corrected chi connectivity index (χ0v) is 23.3. The van der Waals surface area contributed by atoms with Crippen molar-refractivity contribution in [1.82, 2.24) is 9.78 Å². The molecule has 1 aliphatic heterocycles. The van der Waals surface area contributed by atoms with Gasteiger partial charge in [0.25, 0.3) is 0 Å². The number of hydrogen-bond donors (Lipinski definition) is 0. The molecule has 0 bridgehead atoms. The van der Waals surface area contributed by atoms with Gasteiger partial charge in [-0.1, -0.05) is 43.7 Å². The summed E-state index contributed by atoms with van der Waals surface area (Å²) in [4.78, 5) is 48.0. The number of esters is 4. The molecule has 3 rings (SSSR count). The molecule has 11 nitrogen and oxygen atoms in total. The Morgan fingerprint density at radius 1 is 0.897 bits per heavy atom. The first kappa shape index (κ1) is 29.8. The normalized spacial score (nSPS) is 22.7. The van der Waals surface area contributed by atoms with Crippen molar-refractivity contribution in [3.8, 4) is 0 Å². The molecule has 0 aliphatic carbocycles. The standard InChI is InChI=1S/C28H36N2O9/c1-15(2)23-13-22(12-21-10-8-9-16(3)11-21)29-30(23)28-27(38-20(7)34)26(37-19(6)33)25(36-18(5)32)24(39-28)14-35-17(4)31/h8-11,13,15,24-28H,12,14H2,1-7H3/t24-,25-,26+,27-,28-/m1/s1. The Hall–Kier alpha value is -3.73. The number of aromatic nitrogens is 2. The van der Waals surface area contributed by atoms with Gasteiger partial charge in [0, 0.05) is 39.8 Å². The lowest BCUT2D eigenvalue weighted by Gasteiger charge is -2.44. The van der Waals surface area contributed by atoms with Gasteiger partial charge in [0.05, 0.1) is 5.69 Å². The fourth-order valence-electron chi connectivity index (χ4n) is 4.62. The number of benzene rings is 1. The van der Waals surface area contributed by atoms with Crippen LogP contribution in [0.5, 0.6) is 0 Å². The van der Waals surface area contributed by atoms with Crippen molar-refractivity contribution in [1.29, 1.82) is 0 Å². The second-order valence-electron chi connectivity index (χ2n) is 9.92. The number of hydrogen-bond acceptors (Lipinski definition) is 10. The molecule has 11 heteroatoms. The van der Waals surface area contributed by atoms with Crippen molar-refractivity contribution in [2.75, 3.05) is 6.61 Å². The summed E-state index contributed by atoms with van der Waals surface area (Å²) < 4.78 is 29.8. The van der Waals surface area contributed by atoms with Crippen LogP contribution in [0, 0.1) is 6.92 Å². The minimum absolute atomic E-state index is 0.0179. The lowest BCUT2D eigenvalue weighted by Crippen LogP contribution is -2.60. The second kappa shape index (κ2) is 12.9. The van der Waals surface area contributed by atoms with E-state index >= 15 is 0 Å². The second-order valence-corrected chi connectivity index (χ2v) is 9.92. The van der Waals surface area contributed by atoms with Crippen LogP contribution >= 0.6 is 0 Å². The van der Waals surface area contributed by atoms with Crippen LogP contribution < -0.4 is 0 Å². The van der Waals surface area contributed by atoms with Crippen LogP contribution in [0.15, 0.2) is 30.3 Å². The first-order valence-electron chi connectivity index (χ1n) is 12.8. The summed E-state index contributed by atoms with van der Waals surface area (Å²) in [5, 5.41) is 4.81. The summed E-state index contributed by atoms with van der Waals surface area (Å²) in [6.45, 7) is 10.5. The zero-order chi connectivity index (χ0) is 28.9. The van der Waals surface area contributed by atoms with Gasteiger partial charge < -0.3 is 23.7 Å². The van der Waals surface area contributed by atoms with E-state index in [1.54, 1.807) is 4.68 Å². The van der Waals surface area contributed by atoms with Crippen molar-refractivity contribution in [2.45, 2.75) is 91.4 Å². The molecule has 0 spiro atoms. The number of nitrogens with zero attached hydrogens (tertiary/aromatic N) is 2. The van der Waals surface area contributed by atoms with Gasteiger partial charge in [-0.05, 0) is 24.5 Å². The highest BCUT2D eigenvalue weighted by molar-refractivity contribution is 5.68. The monoisotopic (exact) mass is 544 g/mol. The van der Waals surface area contributed by atoms with Crippen molar-refractivity contribution in [3.63, 3.8) is 0 Å². The average Bonchev–Trinajstić information content (AvgIpc) is 3.23. The molecule has 0 radical (unpaired) electrons. The largest absolute Gasteiger partial charge is 0.463 e. The van der Waals surface area contributed by atoms with Crippen LogP contribution in [-0.2, 0) is 49.3 Å². The summed E-state index contributed by atoms with van der Waals surface area (Å²) in [7, 11) is 0. The number of carbonyl (C=O) groups excluding carboxylic acids is 4. The summed E-state index contributed by atoms with van der Waals surface area (Å²) >= 11 is 0. The van der Waals surface area contributed by atoms with Crippen molar-refractivity contribution < 1.29 is 42.9 Å². The van der Waals surface area contributed by atoms with Crippen molar-refractivity contribution in [3.05, 3.63) is 52.8 Å². The highest BCUT2D eigenvalue weighted by Gasteiger charge is 2.53. The Balaban J connectivity index is 2.12. The molecule has 1 aliphatic rings. The van der Waals surface area contributed by atoms with Gasteiger partial charge >= 0.3 is 23.9 Å². The molecular formula is C28H36N2O9. The lowest BCUT2D eigenvalue weighted by molar-refractivity contribution is -0.270. The quantitative estimate of drug-likeness (QED) is 0.342. The minimum Gasteiger partial charge on any atom is -0.463 e. The van der Waals surface area contributed by atoms with E-state index in [1.165, 1.54) is 27.7 Å². The Labute approximate surface area is 227 Å². The topological polar surface area (TPSA) is 132 Å². The zero-order valence-electron chi connectivity index (χ0n) is 23.3. The van der Waals surface area contributed by atoms with Crippen LogP contribution in [0.3, 0.4) is 0 Å². The molecule has 1 aromatic heterocycles. The number of carbonyl (C=O) groups is 4. The van der Waals surface area contributed by atoms with Gasteiger partial charge in [-0.15, -0.1) is 0 Å². The Morgan fingerprint density at radius 3 is 2.08 bits per heavy atom. The van der Waals surface area contributed by atoms with Crippen LogP contribution in [0.2, 0.25) is 0 Å². The van der Waals surface area contributed by atoms with E-state index in [0.717, 1.165) is 22.5 Å². The molecule has 1 aromatic carbocycles. The maximum absolute atomic E-state index is 12.2. The summed E-state index contributed by atoms with van der Waals surface area (Å²) in [5.41, 5.74) is 3.71. The van der Waals surface area contributed by atoms with Crippen LogP contribution in [0.25, 0.3) is 0 Å². The fraction of sp³-hybridized carbons (Fsp3) is 0.536. The van der Waals surface area contributed by atoms with Crippen molar-refractivity contribution >= 4 is 23.9 Å². The Kier molecular flexibility index (Phi) is 9.85. The molecule has 0 N–H and O–H groups in total. The number of rotatable bonds is 9. The first-order chi connectivity index (χ1) is 18.3. The summed E-state index contributed by atoms with van der Waals surface area (Å²) in [6, 6.07) is 10.0. The molecule has 1 saturated heterocycles. The molecule has 39 heavy (non-hydrogen) atoms. The molecule has 0 amide bonds. The molecule has 5 atom stereocenters. The number of ether oxygens (including phenoxy) is 5.